The minimum absolute atomic E-state index is 0.234. The molecule has 5 nitrogen and oxygen atoms in total. The molecule has 5 heteroatoms. The third kappa shape index (κ3) is 1.29. The Morgan fingerprint density at radius 1 is 1.46 bits per heavy atom. The topological polar surface area (TPSA) is 72.4 Å². The molecule has 0 saturated carbocycles. The minimum Gasteiger partial charge on any atom is -0.589 e. The predicted octanol–water partition coefficient (Wildman–Crippen LogP) is 1.44. The van der Waals surface area contributed by atoms with E-state index < -0.39 is 10.8 Å². The molecule has 1 heterocycles. The zero-order chi connectivity index (χ0) is 9.47. The largest absolute Gasteiger partial charge is 0.589 e. The number of hydroxylamine groups is 4. The molecule has 68 valence electrons. The number of urea groups is 1. The summed E-state index contributed by atoms with van der Waals surface area (Å²) in [6, 6.07) is 5.93. The van der Waals surface area contributed by atoms with E-state index >= 15 is 0 Å². The van der Waals surface area contributed by atoms with Gasteiger partial charge in [0.15, 0.2) is 0 Å². The Hall–Kier alpha value is -1.43. The molecule has 2 rings (SSSR count). The number of benzene rings is 1. The molecular formula is C8H8N2O3. The Kier molecular flexibility index (Phi) is 1.59. The summed E-state index contributed by atoms with van der Waals surface area (Å²) in [5.74, 6) is 0. The lowest BCUT2D eigenvalue weighted by Gasteiger charge is -2.34. The number of nitrogens with zero attached hydrogens (tertiary/aromatic N) is 1. The van der Waals surface area contributed by atoms with Crippen LogP contribution in [0.15, 0.2) is 24.3 Å². The molecule has 1 unspecified atom stereocenters. The maximum absolute atomic E-state index is 11.1. The summed E-state index contributed by atoms with van der Waals surface area (Å²) in [4.78, 5) is 9.10. The summed E-state index contributed by atoms with van der Waals surface area (Å²) in [6.07, 6.45) is 0. The van der Waals surface area contributed by atoms with E-state index in [1.165, 1.54) is 0 Å². The molecule has 0 bridgehead atoms. The molecule has 2 amide bonds. The van der Waals surface area contributed by atoms with E-state index in [0.29, 0.717) is 11.3 Å². The van der Waals surface area contributed by atoms with Crippen LogP contribution in [0.3, 0.4) is 0 Å². The van der Waals surface area contributed by atoms with Crippen molar-refractivity contribution in [3.63, 3.8) is 0 Å². The van der Waals surface area contributed by atoms with Crippen molar-refractivity contribution in [1.82, 2.24) is 0 Å². The van der Waals surface area contributed by atoms with E-state index in [1.54, 1.807) is 24.3 Å². The highest BCUT2D eigenvalue weighted by Gasteiger charge is 2.32. The number of quaternary nitrogens is 1. The number of amides is 2. The van der Waals surface area contributed by atoms with Crippen molar-refractivity contribution in [3.8, 4) is 0 Å². The summed E-state index contributed by atoms with van der Waals surface area (Å²) >= 11 is 0. The van der Waals surface area contributed by atoms with E-state index in [9.17, 15) is 10.0 Å². The lowest BCUT2D eigenvalue weighted by atomic mass is 10.1. The van der Waals surface area contributed by atoms with Gasteiger partial charge in [-0.2, -0.15) is 0 Å². The third-order valence-corrected chi connectivity index (χ3v) is 1.96. The summed E-state index contributed by atoms with van der Waals surface area (Å²) in [5.41, 5.74) is 1.23. The summed E-state index contributed by atoms with van der Waals surface area (Å²) < 4.78 is 0. The van der Waals surface area contributed by atoms with Gasteiger partial charge in [-0.15, -0.1) is 4.81 Å². The van der Waals surface area contributed by atoms with Crippen molar-refractivity contribution in [2.24, 2.45) is 0 Å². The summed E-state index contributed by atoms with van der Waals surface area (Å²) in [5, 5.41) is 22.5. The fourth-order valence-corrected chi connectivity index (χ4v) is 1.29. The maximum atomic E-state index is 11.1. The van der Waals surface area contributed by atoms with Crippen LogP contribution in [0.4, 0.5) is 10.5 Å². The van der Waals surface area contributed by atoms with E-state index in [0.717, 1.165) is 0 Å². The highest BCUT2D eigenvalue weighted by molar-refractivity contribution is 5.86. The molecule has 0 aliphatic carbocycles. The number of nitrogens with one attached hydrogen (secondary N) is 1. The van der Waals surface area contributed by atoms with E-state index in [4.69, 9.17) is 5.21 Å². The monoisotopic (exact) mass is 180 g/mol. The zero-order valence-corrected chi connectivity index (χ0v) is 6.73. The average molecular weight is 180 g/mol. The van der Waals surface area contributed by atoms with Gasteiger partial charge in [-0.1, -0.05) is 18.2 Å². The van der Waals surface area contributed by atoms with Crippen LogP contribution in [0.2, 0.25) is 0 Å². The SMILES string of the molecule is O=C1Nc2ccccc2C[N+]1([O-])O. The van der Waals surface area contributed by atoms with Crippen LogP contribution in [0.25, 0.3) is 0 Å². The Labute approximate surface area is 74.3 Å². The highest BCUT2D eigenvalue weighted by atomic mass is 16.8. The number of carbonyl (C=O) groups excluding carboxylic acids is 1. The van der Waals surface area contributed by atoms with Crippen LogP contribution in [0.1, 0.15) is 5.56 Å². The molecule has 0 spiro atoms. The van der Waals surface area contributed by atoms with Gasteiger partial charge in [0.1, 0.15) is 6.54 Å². The molecule has 1 aliphatic heterocycles. The van der Waals surface area contributed by atoms with Crippen molar-refractivity contribution in [2.75, 3.05) is 5.32 Å². The lowest BCUT2D eigenvalue weighted by Crippen LogP contribution is -2.49. The third-order valence-electron chi connectivity index (χ3n) is 1.96. The Morgan fingerprint density at radius 2 is 2.15 bits per heavy atom. The van der Waals surface area contributed by atoms with Gasteiger partial charge in [0.25, 0.3) is 0 Å². The van der Waals surface area contributed by atoms with E-state index in [-0.39, 0.29) is 6.54 Å². The molecule has 1 aromatic carbocycles. The van der Waals surface area contributed by atoms with Crippen LogP contribution >= 0.6 is 0 Å². The van der Waals surface area contributed by atoms with Gasteiger partial charge in [0.2, 0.25) is 0 Å². The number of hydrogen-bond donors (Lipinski definition) is 2. The fourth-order valence-electron chi connectivity index (χ4n) is 1.29. The van der Waals surface area contributed by atoms with Gasteiger partial charge in [0, 0.05) is 5.56 Å². The van der Waals surface area contributed by atoms with Gasteiger partial charge in [-0.3, -0.25) is 5.32 Å². The second-order valence-corrected chi connectivity index (χ2v) is 2.95. The van der Waals surface area contributed by atoms with Crippen LogP contribution in [0, 0.1) is 5.21 Å². The van der Waals surface area contributed by atoms with Crippen molar-refractivity contribution < 1.29 is 14.8 Å². The highest BCUT2D eigenvalue weighted by Crippen LogP contribution is 2.25. The number of hydrogen-bond acceptors (Lipinski definition) is 3. The van der Waals surface area contributed by atoms with E-state index in [2.05, 4.69) is 5.32 Å². The van der Waals surface area contributed by atoms with Crippen LogP contribution in [-0.2, 0) is 6.54 Å². The molecule has 1 aromatic rings. The lowest BCUT2D eigenvalue weighted by molar-refractivity contribution is -1.01. The number of anilines is 1. The second kappa shape index (κ2) is 2.53. The first kappa shape index (κ1) is 8.18. The number of para-hydroxylation sites is 1. The number of rotatable bonds is 0. The summed E-state index contributed by atoms with van der Waals surface area (Å²) in [6.45, 7) is -0.234. The van der Waals surface area contributed by atoms with Gasteiger partial charge in [-0.05, 0) is 6.07 Å². The number of fused-ring (bicyclic) bond motifs is 1. The molecule has 13 heavy (non-hydrogen) atoms. The molecule has 2 N–H and O–H groups in total. The first-order valence-electron chi connectivity index (χ1n) is 3.81. The average Bonchev–Trinajstić information content (AvgIpc) is 2.06. The van der Waals surface area contributed by atoms with E-state index in [1.807, 2.05) is 0 Å². The normalized spacial score (nSPS) is 26.5. The zero-order valence-electron chi connectivity index (χ0n) is 6.73. The van der Waals surface area contributed by atoms with Gasteiger partial charge >= 0.3 is 6.03 Å². The van der Waals surface area contributed by atoms with Crippen molar-refractivity contribution in [1.29, 1.82) is 0 Å². The first-order valence-corrected chi connectivity index (χ1v) is 3.81. The molecule has 0 radical (unpaired) electrons. The molecule has 1 atom stereocenters. The smallest absolute Gasteiger partial charge is 0.454 e. The fraction of sp³-hybridized carbons (Fsp3) is 0.125. The standard InChI is InChI=1S/C8H8N2O3/c11-8-9-7-4-2-1-3-6(7)5-10(8,12)13/h1-4,12H,5H2,(H,9,11). The molecular weight excluding hydrogens is 172 g/mol. The van der Waals surface area contributed by atoms with Crippen LogP contribution in [-0.4, -0.2) is 16.0 Å². The Balaban J connectivity index is 2.44. The maximum Gasteiger partial charge on any atom is 0.454 e. The van der Waals surface area contributed by atoms with Gasteiger partial charge in [-0.25, -0.2) is 10.0 Å². The molecule has 0 saturated heterocycles. The molecule has 0 fully saturated rings. The van der Waals surface area contributed by atoms with Gasteiger partial charge < -0.3 is 5.21 Å². The predicted molar refractivity (Wildman–Crippen MR) is 44.6 cm³/mol. The number of carbonyl (C=O) groups is 1. The minimum atomic E-state index is -1.88. The molecule has 1 aliphatic rings. The Morgan fingerprint density at radius 3 is 2.92 bits per heavy atom. The summed E-state index contributed by atoms with van der Waals surface area (Å²) in [7, 11) is 0. The van der Waals surface area contributed by atoms with Crippen LogP contribution < -0.4 is 5.32 Å². The van der Waals surface area contributed by atoms with Crippen molar-refractivity contribution in [3.05, 3.63) is 35.0 Å². The van der Waals surface area contributed by atoms with Crippen LogP contribution in [0.5, 0.6) is 0 Å². The Bertz CT molecular complexity index is 362. The second-order valence-electron chi connectivity index (χ2n) is 2.95. The van der Waals surface area contributed by atoms with Crippen molar-refractivity contribution >= 4 is 11.7 Å². The quantitative estimate of drug-likeness (QED) is 0.360. The van der Waals surface area contributed by atoms with Crippen molar-refractivity contribution in [2.45, 2.75) is 6.54 Å². The van der Waals surface area contributed by atoms with Gasteiger partial charge in [0.05, 0.1) is 5.69 Å². The first-order chi connectivity index (χ1) is 6.09. The molecule has 0 aromatic heterocycles.